The molecule has 72 valence electrons. The summed E-state index contributed by atoms with van der Waals surface area (Å²) >= 11 is 8.56. The topological polar surface area (TPSA) is 12.9 Å². The summed E-state index contributed by atoms with van der Waals surface area (Å²) in [5.74, 6) is 0. The Morgan fingerprint density at radius 3 is 2.54 bits per heavy atom. The summed E-state index contributed by atoms with van der Waals surface area (Å²) in [4.78, 5) is 3.43. The number of hydrogen-bond acceptors (Lipinski definition) is 1. The Morgan fingerprint density at radius 1 is 1.46 bits per heavy atom. The average molecular weight is 274 g/mol. The molecule has 0 N–H and O–H groups in total. The summed E-state index contributed by atoms with van der Waals surface area (Å²) in [6.07, 6.45) is -3.65. The Kier molecular flexibility index (Phi) is 3.18. The third-order valence-corrected chi connectivity index (χ3v) is 2.33. The summed E-state index contributed by atoms with van der Waals surface area (Å²) < 4.78 is 36.4. The molecule has 0 fully saturated rings. The Labute approximate surface area is 86.0 Å². The van der Waals surface area contributed by atoms with Crippen molar-refractivity contribution in [1.82, 2.24) is 4.98 Å². The summed E-state index contributed by atoms with van der Waals surface area (Å²) in [6.45, 7) is 0. The molecule has 0 unspecified atom stereocenters. The molecule has 0 radical (unpaired) electrons. The van der Waals surface area contributed by atoms with Gasteiger partial charge in [-0.05, 0) is 6.07 Å². The minimum absolute atomic E-state index is 0.0878. The standard InChI is InChI=1S/C7H4BrClF3N/c8-2-4-1-5(7(10,11)12)3-13-6(4)9/h1,3H,2H2. The van der Waals surface area contributed by atoms with E-state index in [1.165, 1.54) is 0 Å². The number of rotatable bonds is 1. The molecule has 1 rings (SSSR count). The molecule has 1 aromatic heterocycles. The van der Waals surface area contributed by atoms with Crippen molar-refractivity contribution < 1.29 is 13.2 Å². The molecule has 0 saturated heterocycles. The maximum atomic E-state index is 12.1. The number of pyridine rings is 1. The van der Waals surface area contributed by atoms with Gasteiger partial charge >= 0.3 is 6.18 Å². The van der Waals surface area contributed by atoms with Crippen molar-refractivity contribution in [2.45, 2.75) is 11.5 Å². The Balaban J connectivity index is 3.14. The van der Waals surface area contributed by atoms with Crippen LogP contribution in [-0.2, 0) is 11.5 Å². The second-order valence-electron chi connectivity index (χ2n) is 2.31. The van der Waals surface area contributed by atoms with Gasteiger partial charge in [0.05, 0.1) is 5.56 Å². The summed E-state index contributed by atoms with van der Waals surface area (Å²) in [5.41, 5.74) is -0.456. The van der Waals surface area contributed by atoms with Crippen LogP contribution in [0.25, 0.3) is 0 Å². The Hall–Kier alpha value is -0.290. The fraction of sp³-hybridized carbons (Fsp3) is 0.286. The molecular weight excluding hydrogens is 270 g/mol. The lowest BCUT2D eigenvalue weighted by Gasteiger charge is -2.07. The summed E-state index contributed by atoms with van der Waals surface area (Å²) in [5, 5.41) is 0.341. The van der Waals surface area contributed by atoms with Crippen LogP contribution in [0.5, 0.6) is 0 Å². The van der Waals surface area contributed by atoms with E-state index in [2.05, 4.69) is 20.9 Å². The second kappa shape index (κ2) is 3.84. The molecule has 0 bridgehead atoms. The van der Waals surface area contributed by atoms with E-state index in [1.807, 2.05) is 0 Å². The predicted octanol–water partition coefficient (Wildman–Crippen LogP) is 3.65. The van der Waals surface area contributed by atoms with Crippen LogP contribution in [0, 0.1) is 0 Å². The number of hydrogen-bond donors (Lipinski definition) is 0. The molecule has 6 heteroatoms. The van der Waals surface area contributed by atoms with Crippen molar-refractivity contribution >= 4 is 27.5 Å². The van der Waals surface area contributed by atoms with Gasteiger partial charge in [0.15, 0.2) is 0 Å². The highest BCUT2D eigenvalue weighted by Gasteiger charge is 2.31. The van der Waals surface area contributed by atoms with Crippen molar-refractivity contribution in [2.24, 2.45) is 0 Å². The first kappa shape index (κ1) is 10.8. The minimum atomic E-state index is -4.37. The third-order valence-electron chi connectivity index (χ3n) is 1.38. The number of nitrogens with zero attached hydrogens (tertiary/aromatic N) is 1. The monoisotopic (exact) mass is 273 g/mol. The van der Waals surface area contributed by atoms with Gasteiger partial charge in [-0.3, -0.25) is 0 Å². The Bertz CT molecular complexity index is 313. The van der Waals surface area contributed by atoms with E-state index in [0.717, 1.165) is 6.07 Å². The molecule has 1 aromatic rings. The Morgan fingerprint density at radius 2 is 2.08 bits per heavy atom. The van der Waals surface area contributed by atoms with E-state index in [9.17, 15) is 13.2 Å². The molecule has 0 saturated carbocycles. The van der Waals surface area contributed by atoms with E-state index in [4.69, 9.17) is 11.6 Å². The molecule has 0 atom stereocenters. The van der Waals surface area contributed by atoms with Crippen molar-refractivity contribution in [3.63, 3.8) is 0 Å². The largest absolute Gasteiger partial charge is 0.417 e. The van der Waals surface area contributed by atoms with Gasteiger partial charge in [-0.1, -0.05) is 27.5 Å². The lowest BCUT2D eigenvalue weighted by atomic mass is 10.2. The second-order valence-corrected chi connectivity index (χ2v) is 3.22. The van der Waals surface area contributed by atoms with E-state index in [-0.39, 0.29) is 10.5 Å². The molecule has 1 nitrogen and oxygen atoms in total. The number of halogens is 5. The van der Waals surface area contributed by atoms with Gasteiger partial charge in [0, 0.05) is 17.1 Å². The fourth-order valence-electron chi connectivity index (χ4n) is 0.742. The van der Waals surface area contributed by atoms with Crippen LogP contribution in [0.3, 0.4) is 0 Å². The van der Waals surface area contributed by atoms with Gasteiger partial charge in [0.25, 0.3) is 0 Å². The van der Waals surface area contributed by atoms with Crippen molar-refractivity contribution in [3.05, 3.63) is 28.5 Å². The van der Waals surface area contributed by atoms with Gasteiger partial charge in [-0.25, -0.2) is 4.98 Å². The van der Waals surface area contributed by atoms with Crippen LogP contribution in [0.2, 0.25) is 5.15 Å². The summed E-state index contributed by atoms with van der Waals surface area (Å²) in [7, 11) is 0. The molecule has 0 aromatic carbocycles. The van der Waals surface area contributed by atoms with Crippen LogP contribution in [-0.4, -0.2) is 4.98 Å². The highest BCUT2D eigenvalue weighted by molar-refractivity contribution is 9.08. The molecular formula is C7H4BrClF3N. The maximum absolute atomic E-state index is 12.1. The first-order valence-corrected chi connectivity index (χ1v) is 4.72. The van der Waals surface area contributed by atoms with Crippen LogP contribution < -0.4 is 0 Å². The molecule has 0 aliphatic carbocycles. The van der Waals surface area contributed by atoms with E-state index >= 15 is 0 Å². The molecule has 1 heterocycles. The zero-order valence-electron chi connectivity index (χ0n) is 6.20. The minimum Gasteiger partial charge on any atom is -0.244 e. The zero-order valence-corrected chi connectivity index (χ0v) is 8.54. The normalized spacial score (nSPS) is 11.8. The van der Waals surface area contributed by atoms with E-state index in [1.54, 1.807) is 0 Å². The molecule has 13 heavy (non-hydrogen) atoms. The first-order valence-electron chi connectivity index (χ1n) is 3.22. The lowest BCUT2D eigenvalue weighted by Crippen LogP contribution is -2.06. The zero-order chi connectivity index (χ0) is 10.1. The van der Waals surface area contributed by atoms with E-state index < -0.39 is 11.7 Å². The van der Waals surface area contributed by atoms with E-state index in [0.29, 0.717) is 11.8 Å². The fourth-order valence-corrected chi connectivity index (χ4v) is 1.50. The highest BCUT2D eigenvalue weighted by atomic mass is 79.9. The third kappa shape index (κ3) is 2.57. The van der Waals surface area contributed by atoms with Gasteiger partial charge < -0.3 is 0 Å². The highest BCUT2D eigenvalue weighted by Crippen LogP contribution is 2.31. The predicted molar refractivity (Wildman–Crippen MR) is 46.9 cm³/mol. The first-order chi connectivity index (χ1) is 5.95. The van der Waals surface area contributed by atoms with Crippen LogP contribution in [0.4, 0.5) is 13.2 Å². The van der Waals surface area contributed by atoms with Crippen molar-refractivity contribution in [1.29, 1.82) is 0 Å². The number of aromatic nitrogens is 1. The average Bonchev–Trinajstić information content (AvgIpc) is 2.03. The molecule has 0 spiro atoms. The van der Waals surface area contributed by atoms with Gasteiger partial charge in [0.2, 0.25) is 0 Å². The molecule has 0 aliphatic heterocycles. The molecule has 0 aliphatic rings. The SMILES string of the molecule is FC(F)(F)c1cnc(Cl)c(CBr)c1. The number of alkyl halides is 4. The maximum Gasteiger partial charge on any atom is 0.417 e. The molecule has 0 amide bonds. The van der Waals surface area contributed by atoms with Crippen LogP contribution in [0.15, 0.2) is 12.3 Å². The van der Waals surface area contributed by atoms with Gasteiger partial charge in [0.1, 0.15) is 5.15 Å². The smallest absolute Gasteiger partial charge is 0.244 e. The van der Waals surface area contributed by atoms with Crippen molar-refractivity contribution in [3.8, 4) is 0 Å². The van der Waals surface area contributed by atoms with Gasteiger partial charge in [-0.2, -0.15) is 13.2 Å². The summed E-state index contributed by atoms with van der Waals surface area (Å²) in [6, 6.07) is 0.976. The van der Waals surface area contributed by atoms with Crippen LogP contribution in [0.1, 0.15) is 11.1 Å². The lowest BCUT2D eigenvalue weighted by molar-refractivity contribution is -0.137. The van der Waals surface area contributed by atoms with Crippen LogP contribution >= 0.6 is 27.5 Å². The quantitative estimate of drug-likeness (QED) is 0.563. The van der Waals surface area contributed by atoms with Crippen molar-refractivity contribution in [2.75, 3.05) is 0 Å². The van der Waals surface area contributed by atoms with Gasteiger partial charge in [-0.15, -0.1) is 0 Å².